The number of nitrogens with two attached hydrogens (primary N) is 3. The number of hydrogen-bond donors (Lipinski definition) is 14. The number of aliphatic hydroxyl groups is 1. The first kappa shape index (κ1) is 61.8. The van der Waals surface area contributed by atoms with Gasteiger partial charge in [0.15, 0.2) is 0 Å². The van der Waals surface area contributed by atoms with Crippen molar-refractivity contribution in [1.82, 2.24) is 37.2 Å². The Bertz CT molecular complexity index is 2670. The molecule has 1 fully saturated rings. The van der Waals surface area contributed by atoms with Gasteiger partial charge in [0, 0.05) is 48.5 Å². The number of phenolic OH excluding ortho intramolecular Hbond substituents is 2. The van der Waals surface area contributed by atoms with Crippen LogP contribution in [0.5, 0.6) is 11.5 Å². The van der Waals surface area contributed by atoms with Crippen LogP contribution in [0.4, 0.5) is 5.69 Å². The summed E-state index contributed by atoms with van der Waals surface area (Å²) in [6.07, 6.45) is -1.22. The van der Waals surface area contributed by atoms with Gasteiger partial charge in [0.1, 0.15) is 53.8 Å². The zero-order valence-electron chi connectivity index (χ0n) is 43.0. The van der Waals surface area contributed by atoms with Crippen LogP contribution in [0, 0.1) is 0 Å². The van der Waals surface area contributed by atoms with Crippen molar-refractivity contribution in [3.8, 4) is 11.5 Å². The lowest BCUT2D eigenvalue weighted by Gasteiger charge is -2.29. The summed E-state index contributed by atoms with van der Waals surface area (Å²) >= 11 is 6.07. The summed E-state index contributed by atoms with van der Waals surface area (Å²) in [6, 6.07) is 13.9. The standard InChI is InChI=1S/C53H68ClN11O11S2/c1-29(66)45-53(76)64-44(51(74)60-40(46(57)69)24-32-10-18-36(67)19-11-32)28-78-77-27-43(63-47(70)38(56)23-30-6-14-34(54)15-7-30)52(75)62-42(26-33-12-20-37(68)21-13-33)50(73)61-41(25-31-8-16-35(58-2)17-9-31)49(72)59-39(48(71)65-45)5-3-4-22-55/h6-21,29,38-45,58,66-68H,3-5,22-28,55-56H2,1-2H3,(H2,57,69)(H,59,72)(H,60,74)(H,61,73)(H,62,75)(H,63,70)(H,64,76)(H,65,71)/t29?,38-,39-,40+,41+,42-,43+,44-,45?/m0/s1. The van der Waals surface area contributed by atoms with E-state index in [0.717, 1.165) is 27.3 Å². The fraction of sp³-hybridized carbons (Fsp3) is 0.396. The van der Waals surface area contributed by atoms with Crippen molar-refractivity contribution in [2.45, 2.75) is 106 Å². The molecule has 420 valence electrons. The van der Waals surface area contributed by atoms with Gasteiger partial charge < -0.3 is 75.1 Å². The average molecular weight is 1130 g/mol. The Morgan fingerprint density at radius 3 is 1.72 bits per heavy atom. The van der Waals surface area contributed by atoms with E-state index >= 15 is 0 Å². The molecule has 17 N–H and O–H groups in total. The number of phenols is 2. The molecular weight excluding hydrogens is 1070 g/mol. The lowest BCUT2D eigenvalue weighted by molar-refractivity contribution is -0.136. The Kier molecular flexibility index (Phi) is 24.3. The fourth-order valence-corrected chi connectivity index (χ4v) is 10.5. The third-order valence-electron chi connectivity index (χ3n) is 12.5. The van der Waals surface area contributed by atoms with E-state index in [2.05, 4.69) is 42.5 Å². The molecule has 22 nitrogen and oxygen atoms in total. The van der Waals surface area contributed by atoms with Crippen molar-refractivity contribution in [2.75, 3.05) is 30.4 Å². The van der Waals surface area contributed by atoms with E-state index < -0.39 is 102 Å². The number of carbonyl (C=O) groups excluding carboxylic acids is 8. The Morgan fingerprint density at radius 1 is 0.667 bits per heavy atom. The van der Waals surface area contributed by atoms with Crippen molar-refractivity contribution in [3.63, 3.8) is 0 Å². The first-order valence-electron chi connectivity index (χ1n) is 25.1. The number of nitrogens with one attached hydrogen (secondary N) is 8. The van der Waals surface area contributed by atoms with Gasteiger partial charge in [-0.3, -0.25) is 38.4 Å². The number of rotatable bonds is 19. The van der Waals surface area contributed by atoms with E-state index in [4.69, 9.17) is 28.8 Å². The quantitative estimate of drug-likeness (QED) is 0.0440. The van der Waals surface area contributed by atoms with Crippen molar-refractivity contribution in [3.05, 3.63) is 124 Å². The summed E-state index contributed by atoms with van der Waals surface area (Å²) in [6.45, 7) is 1.47. The van der Waals surface area contributed by atoms with Crippen LogP contribution in [-0.4, -0.2) is 142 Å². The van der Waals surface area contributed by atoms with Gasteiger partial charge in [0.05, 0.1) is 12.1 Å². The third-order valence-corrected chi connectivity index (χ3v) is 15.2. The zero-order valence-corrected chi connectivity index (χ0v) is 45.4. The minimum Gasteiger partial charge on any atom is -0.508 e. The van der Waals surface area contributed by atoms with Crippen LogP contribution in [0.3, 0.4) is 0 Å². The highest BCUT2D eigenvalue weighted by molar-refractivity contribution is 8.76. The molecule has 1 heterocycles. The second-order valence-corrected chi connectivity index (χ2v) is 21.7. The lowest BCUT2D eigenvalue weighted by Crippen LogP contribution is -2.62. The summed E-state index contributed by atoms with van der Waals surface area (Å²) in [7, 11) is 3.67. The minimum atomic E-state index is -1.73. The lowest BCUT2D eigenvalue weighted by atomic mass is 10.0. The van der Waals surface area contributed by atoms with E-state index in [1.807, 2.05) is 0 Å². The van der Waals surface area contributed by atoms with Crippen LogP contribution in [0.1, 0.15) is 48.4 Å². The first-order chi connectivity index (χ1) is 37.2. The van der Waals surface area contributed by atoms with Crippen molar-refractivity contribution >= 4 is 86.1 Å². The number of unbranched alkanes of at least 4 members (excludes halogenated alkanes) is 1. The molecule has 8 amide bonds. The molecule has 2 unspecified atom stereocenters. The summed E-state index contributed by atoms with van der Waals surface area (Å²) in [4.78, 5) is 113. The summed E-state index contributed by atoms with van der Waals surface area (Å²) < 4.78 is 0. The highest BCUT2D eigenvalue weighted by Gasteiger charge is 2.36. The van der Waals surface area contributed by atoms with Crippen LogP contribution in [-0.2, 0) is 64.0 Å². The van der Waals surface area contributed by atoms with Gasteiger partial charge >= 0.3 is 0 Å². The van der Waals surface area contributed by atoms with E-state index in [1.165, 1.54) is 55.5 Å². The second kappa shape index (κ2) is 30.7. The zero-order chi connectivity index (χ0) is 56.9. The topological polar surface area (TPSA) is 372 Å². The number of carbonyl (C=O) groups is 8. The summed E-state index contributed by atoms with van der Waals surface area (Å²) in [5.74, 6) is -7.67. The Balaban J connectivity index is 1.57. The molecule has 1 aliphatic rings. The first-order valence-corrected chi connectivity index (χ1v) is 28.0. The van der Waals surface area contributed by atoms with Crippen molar-refractivity contribution < 1.29 is 53.7 Å². The SMILES string of the molecule is CNc1ccc(C[C@H]2NC(=O)[C@H](Cc3ccc(O)cc3)NC(=O)[C@H](NC(=O)[C@@H](N)Cc3ccc(Cl)cc3)CSSC[C@@H](C(=O)N[C@H](Cc3ccc(O)cc3)C(N)=O)NC(=O)C(C(C)O)NC(=O)[C@H](CCCCN)NC2=O)cc1. The van der Waals surface area contributed by atoms with Crippen LogP contribution in [0.15, 0.2) is 97.1 Å². The molecule has 0 radical (unpaired) electrons. The van der Waals surface area contributed by atoms with Crippen LogP contribution in [0.25, 0.3) is 0 Å². The largest absolute Gasteiger partial charge is 0.508 e. The monoisotopic (exact) mass is 1130 g/mol. The maximum atomic E-state index is 14.7. The Labute approximate surface area is 464 Å². The van der Waals surface area contributed by atoms with Crippen molar-refractivity contribution in [2.24, 2.45) is 17.2 Å². The third kappa shape index (κ3) is 19.7. The van der Waals surface area contributed by atoms with Gasteiger partial charge in [0.25, 0.3) is 0 Å². The molecule has 4 aromatic carbocycles. The van der Waals surface area contributed by atoms with Crippen molar-refractivity contribution in [1.29, 1.82) is 0 Å². The summed E-state index contributed by atoms with van der Waals surface area (Å²) in [5.41, 5.74) is 20.9. The Hall–Kier alpha value is -7.09. The molecule has 25 heteroatoms. The predicted octanol–water partition coefficient (Wildman–Crippen LogP) is 0.175. The van der Waals surface area contributed by atoms with Gasteiger partial charge in [-0.2, -0.15) is 0 Å². The van der Waals surface area contributed by atoms with E-state index in [-0.39, 0.29) is 61.7 Å². The number of aliphatic hydroxyl groups excluding tert-OH is 1. The highest BCUT2D eigenvalue weighted by atomic mass is 35.5. The molecule has 4 aromatic rings. The van der Waals surface area contributed by atoms with Gasteiger partial charge in [0.2, 0.25) is 47.3 Å². The maximum absolute atomic E-state index is 14.7. The number of benzene rings is 4. The molecule has 78 heavy (non-hydrogen) atoms. The van der Waals surface area contributed by atoms with E-state index in [1.54, 1.807) is 55.6 Å². The molecule has 0 spiro atoms. The Morgan fingerprint density at radius 2 is 1.17 bits per heavy atom. The van der Waals surface area contributed by atoms with Crippen LogP contribution < -0.4 is 59.7 Å². The molecular formula is C53H68ClN11O11S2. The molecule has 1 saturated heterocycles. The van der Waals surface area contributed by atoms with Gasteiger partial charge in [-0.25, -0.2) is 0 Å². The number of anilines is 1. The number of primary amides is 1. The molecule has 9 atom stereocenters. The van der Waals surface area contributed by atoms with Gasteiger partial charge in [-0.1, -0.05) is 81.7 Å². The summed E-state index contributed by atoms with van der Waals surface area (Å²) in [5, 5.41) is 53.0. The molecule has 0 saturated carbocycles. The maximum Gasteiger partial charge on any atom is 0.245 e. The minimum absolute atomic E-state index is 0.00904. The van der Waals surface area contributed by atoms with Crippen LogP contribution in [0.2, 0.25) is 5.02 Å². The number of amides is 8. The molecule has 0 aromatic heterocycles. The second-order valence-electron chi connectivity index (χ2n) is 18.7. The van der Waals surface area contributed by atoms with Crippen LogP contribution >= 0.6 is 33.2 Å². The normalized spacial score (nSPS) is 21.2. The van der Waals surface area contributed by atoms with Gasteiger partial charge in [-0.05, 0) is 110 Å². The number of hydrogen-bond acceptors (Lipinski definition) is 16. The molecule has 5 rings (SSSR count). The fourth-order valence-electron chi connectivity index (χ4n) is 8.04. The molecule has 0 aliphatic carbocycles. The van der Waals surface area contributed by atoms with E-state index in [0.29, 0.717) is 40.1 Å². The molecule has 1 aliphatic heterocycles. The highest BCUT2D eigenvalue weighted by Crippen LogP contribution is 2.24. The number of halogens is 1. The number of aromatic hydroxyl groups is 2. The van der Waals surface area contributed by atoms with E-state index in [9.17, 15) is 53.7 Å². The van der Waals surface area contributed by atoms with Gasteiger partial charge in [-0.15, -0.1) is 0 Å². The smallest absolute Gasteiger partial charge is 0.245 e. The predicted molar refractivity (Wildman–Crippen MR) is 299 cm³/mol. The average Bonchev–Trinajstić information content (AvgIpc) is 3.43. The molecule has 0 bridgehead atoms.